The Morgan fingerprint density at radius 3 is 2.57 bits per heavy atom. The minimum Gasteiger partial charge on any atom is -0.370 e. The van der Waals surface area contributed by atoms with E-state index in [0.717, 1.165) is 31.6 Å². The van der Waals surface area contributed by atoms with Gasteiger partial charge in [-0.2, -0.15) is 11.8 Å². The molecular weight excluding hydrogens is 459 g/mol. The zero-order valence-corrected chi connectivity index (χ0v) is 16.7. The minimum atomic E-state index is 0.888. The Bertz CT molecular complexity index is 803. The molecule has 0 bridgehead atoms. The molecule has 0 atom stereocenters. The largest absolute Gasteiger partial charge is 0.370 e. The number of nitrogens with zero attached hydrogens (tertiary/aromatic N) is 4. The molecule has 1 aliphatic heterocycles. The van der Waals surface area contributed by atoms with Crippen molar-refractivity contribution in [1.29, 1.82) is 0 Å². The summed E-state index contributed by atoms with van der Waals surface area (Å²) in [4.78, 5) is 7.94. The van der Waals surface area contributed by atoms with E-state index in [-0.39, 0.29) is 0 Å². The van der Waals surface area contributed by atoms with Crippen molar-refractivity contribution in [2.45, 2.75) is 0 Å². The molecule has 4 nitrogen and oxygen atoms in total. The van der Waals surface area contributed by atoms with Crippen LogP contribution in [0.15, 0.2) is 40.6 Å². The summed E-state index contributed by atoms with van der Waals surface area (Å²) < 4.78 is 2.26. The van der Waals surface area contributed by atoms with E-state index in [4.69, 9.17) is 0 Å². The Balaban J connectivity index is 1.48. The lowest BCUT2D eigenvalue weighted by atomic mass is 10.2. The van der Waals surface area contributed by atoms with Gasteiger partial charge in [-0.25, -0.2) is 4.98 Å². The Hall–Kier alpha value is -0.710. The molecule has 3 heterocycles. The summed E-state index contributed by atoms with van der Waals surface area (Å²) in [5.41, 5.74) is 2.17. The van der Waals surface area contributed by atoms with Gasteiger partial charge in [-0.15, -0.1) is 21.6 Å². The summed E-state index contributed by atoms with van der Waals surface area (Å²) in [6.45, 7) is 2.26. The molecule has 0 amide bonds. The topological polar surface area (TPSA) is 40.9 Å². The lowest BCUT2D eigenvalue weighted by Crippen LogP contribution is -2.32. The number of fused-ring (bicyclic) bond motifs is 1. The number of hydrogen-bond acceptors (Lipinski definition) is 7. The van der Waals surface area contributed by atoms with Gasteiger partial charge in [-0.3, -0.25) is 0 Å². The first-order valence-electron chi connectivity index (χ1n) is 7.18. The second-order valence-electron chi connectivity index (χ2n) is 5.04. The lowest BCUT2D eigenvalue weighted by Gasteiger charge is -2.28. The van der Waals surface area contributed by atoms with Crippen LogP contribution in [-0.4, -0.2) is 29.6 Å². The molecule has 23 heavy (non-hydrogen) atoms. The van der Waals surface area contributed by atoms with E-state index < -0.39 is 0 Å². The van der Waals surface area contributed by atoms with E-state index >= 15 is 0 Å². The summed E-state index contributed by atoms with van der Waals surface area (Å²) in [5.74, 6) is 2.42. The van der Waals surface area contributed by atoms with Gasteiger partial charge in [0.25, 0.3) is 0 Å². The van der Waals surface area contributed by atoms with Crippen LogP contribution in [0, 0.1) is 3.01 Å². The van der Waals surface area contributed by atoms with Gasteiger partial charge in [0.2, 0.25) is 0 Å². The molecule has 118 valence electrons. The zero-order valence-electron chi connectivity index (χ0n) is 12.1. The van der Waals surface area contributed by atoms with Gasteiger partial charge >= 0.3 is 0 Å². The monoisotopic (exact) mass is 472 g/mol. The maximum atomic E-state index is 4.47. The number of hydrogen-bond donors (Lipinski definition) is 0. The molecule has 0 radical (unpaired) electrons. The average molecular weight is 472 g/mol. The second-order valence-corrected chi connectivity index (χ2v) is 10.1. The third kappa shape index (κ3) is 3.70. The number of benzene rings is 1. The van der Waals surface area contributed by atoms with Crippen molar-refractivity contribution < 1.29 is 0 Å². The van der Waals surface area contributed by atoms with E-state index in [0.29, 0.717) is 0 Å². The summed E-state index contributed by atoms with van der Waals surface area (Å²) in [7, 11) is 0. The molecule has 0 saturated carbocycles. The highest BCUT2D eigenvalue weighted by Gasteiger charge is 2.10. The fourth-order valence-electron chi connectivity index (χ4n) is 2.41. The van der Waals surface area contributed by atoms with Gasteiger partial charge in [-0.05, 0) is 52.9 Å². The summed E-state index contributed by atoms with van der Waals surface area (Å²) in [6, 6.07) is 10.4. The van der Waals surface area contributed by atoms with Crippen molar-refractivity contribution in [2.24, 2.45) is 10.2 Å². The first-order valence-corrected chi connectivity index (χ1v) is 11.0. The Kier molecular flexibility index (Phi) is 4.83. The SMILES string of the molecule is Ic1nc2sc(N=Nc3ccc(N4CCSCC4)cc3)cc2s1. The molecular formula is C15H13IN4S3. The van der Waals surface area contributed by atoms with Crippen LogP contribution in [0.3, 0.4) is 0 Å². The van der Waals surface area contributed by atoms with Crippen LogP contribution in [0.5, 0.6) is 0 Å². The third-order valence-electron chi connectivity index (χ3n) is 3.54. The van der Waals surface area contributed by atoms with Crippen LogP contribution in [0.4, 0.5) is 16.4 Å². The molecule has 1 fully saturated rings. The van der Waals surface area contributed by atoms with Crippen molar-refractivity contribution in [2.75, 3.05) is 29.5 Å². The van der Waals surface area contributed by atoms with Crippen molar-refractivity contribution in [3.8, 4) is 0 Å². The van der Waals surface area contributed by atoms with Gasteiger partial charge in [-0.1, -0.05) is 11.3 Å². The number of halogens is 1. The summed E-state index contributed by atoms with van der Waals surface area (Å²) in [5, 5.41) is 9.61. The lowest BCUT2D eigenvalue weighted by molar-refractivity contribution is 0.859. The summed E-state index contributed by atoms with van der Waals surface area (Å²) >= 11 is 7.55. The fourth-order valence-corrected chi connectivity index (χ4v) is 6.18. The standard InChI is InChI=1S/C15H13IN4S3/c16-15-17-14-12(22-15)9-13(23-14)19-18-10-1-3-11(4-2-10)20-5-7-21-8-6-20/h1-4,9H,5-8H2. The van der Waals surface area contributed by atoms with Crippen LogP contribution in [0.25, 0.3) is 9.53 Å². The van der Waals surface area contributed by atoms with Gasteiger partial charge in [0, 0.05) is 30.3 Å². The van der Waals surface area contributed by atoms with Crippen molar-refractivity contribution >= 4 is 82.9 Å². The van der Waals surface area contributed by atoms with Crippen molar-refractivity contribution in [3.05, 3.63) is 33.3 Å². The molecule has 1 aliphatic rings. The molecule has 2 aromatic heterocycles. The van der Waals surface area contributed by atoms with Crippen LogP contribution >= 0.6 is 57.0 Å². The molecule has 1 aromatic carbocycles. The highest BCUT2D eigenvalue weighted by molar-refractivity contribution is 14.1. The number of thiophene rings is 1. The molecule has 0 unspecified atom stereocenters. The minimum absolute atomic E-state index is 0.888. The number of aromatic nitrogens is 1. The van der Waals surface area contributed by atoms with Gasteiger partial charge in [0.1, 0.15) is 9.83 Å². The predicted molar refractivity (Wildman–Crippen MR) is 110 cm³/mol. The zero-order chi connectivity index (χ0) is 15.6. The maximum Gasteiger partial charge on any atom is 0.156 e. The van der Waals surface area contributed by atoms with Crippen molar-refractivity contribution in [1.82, 2.24) is 4.98 Å². The van der Waals surface area contributed by atoms with E-state index in [2.05, 4.69) is 60.9 Å². The first kappa shape index (κ1) is 15.8. The summed E-state index contributed by atoms with van der Waals surface area (Å²) in [6.07, 6.45) is 0. The smallest absolute Gasteiger partial charge is 0.156 e. The molecule has 4 rings (SSSR count). The Morgan fingerprint density at radius 1 is 1.04 bits per heavy atom. The van der Waals surface area contributed by atoms with Gasteiger partial charge in [0.05, 0.1) is 10.4 Å². The molecule has 0 spiro atoms. The van der Waals surface area contributed by atoms with E-state index in [1.807, 2.05) is 23.9 Å². The number of thiazole rings is 1. The number of anilines is 1. The Labute approximate surface area is 160 Å². The first-order chi connectivity index (χ1) is 11.3. The van der Waals surface area contributed by atoms with Crippen LogP contribution in [0.1, 0.15) is 0 Å². The fraction of sp³-hybridized carbons (Fsp3) is 0.267. The average Bonchev–Trinajstić information content (AvgIpc) is 3.11. The van der Waals surface area contributed by atoms with Crippen LogP contribution in [0.2, 0.25) is 0 Å². The predicted octanol–water partition coefficient (Wildman–Crippen LogP) is 5.93. The normalized spacial score (nSPS) is 15.8. The number of azo groups is 1. The highest BCUT2D eigenvalue weighted by atomic mass is 127. The van der Waals surface area contributed by atoms with Crippen LogP contribution in [-0.2, 0) is 0 Å². The molecule has 8 heteroatoms. The van der Waals surface area contributed by atoms with Crippen LogP contribution < -0.4 is 4.90 Å². The highest BCUT2D eigenvalue weighted by Crippen LogP contribution is 2.36. The molecule has 0 N–H and O–H groups in total. The molecule has 1 saturated heterocycles. The number of thioether (sulfide) groups is 1. The van der Waals surface area contributed by atoms with Gasteiger partial charge < -0.3 is 4.90 Å². The van der Waals surface area contributed by atoms with E-state index in [1.165, 1.54) is 21.9 Å². The maximum absolute atomic E-state index is 4.47. The van der Waals surface area contributed by atoms with E-state index in [1.54, 1.807) is 22.7 Å². The second kappa shape index (κ2) is 7.04. The third-order valence-corrected chi connectivity index (χ3v) is 7.22. The van der Waals surface area contributed by atoms with Crippen molar-refractivity contribution in [3.63, 3.8) is 0 Å². The molecule has 3 aromatic rings. The van der Waals surface area contributed by atoms with Gasteiger partial charge in [0.15, 0.2) is 3.01 Å². The number of rotatable bonds is 3. The molecule has 0 aliphatic carbocycles. The quantitative estimate of drug-likeness (QED) is 0.351. The van der Waals surface area contributed by atoms with E-state index in [9.17, 15) is 0 Å². The Morgan fingerprint density at radius 2 is 1.83 bits per heavy atom.